The first-order chi connectivity index (χ1) is 8.72. The van der Waals surface area contributed by atoms with Crippen molar-refractivity contribution >= 4 is 33.2 Å². The van der Waals surface area contributed by atoms with Crippen LogP contribution in [0.5, 0.6) is 11.6 Å². The molecule has 0 fully saturated rings. The van der Waals surface area contributed by atoms with Gasteiger partial charge in [0.15, 0.2) is 0 Å². The van der Waals surface area contributed by atoms with Crippen LogP contribution in [-0.4, -0.2) is 15.0 Å². The third kappa shape index (κ3) is 2.14. The van der Waals surface area contributed by atoms with Gasteiger partial charge in [0.2, 0.25) is 11.2 Å². The predicted octanol–water partition coefficient (Wildman–Crippen LogP) is 3.84. The van der Waals surface area contributed by atoms with E-state index in [0.29, 0.717) is 11.6 Å². The number of hydrogen-bond donors (Lipinski definition) is 0. The van der Waals surface area contributed by atoms with Crippen molar-refractivity contribution < 1.29 is 4.74 Å². The summed E-state index contributed by atoms with van der Waals surface area (Å²) < 4.78 is 5.69. The van der Waals surface area contributed by atoms with Gasteiger partial charge in [-0.2, -0.15) is 4.98 Å². The van der Waals surface area contributed by atoms with Crippen LogP contribution in [0.4, 0.5) is 0 Å². The molecule has 0 atom stereocenters. The van der Waals surface area contributed by atoms with Crippen molar-refractivity contribution in [3.05, 3.63) is 40.8 Å². The number of rotatable bonds is 2. The van der Waals surface area contributed by atoms with Crippen molar-refractivity contribution in [1.82, 2.24) is 15.0 Å². The van der Waals surface area contributed by atoms with Crippen molar-refractivity contribution in [2.45, 2.75) is 6.92 Å². The molecule has 3 aromatic heterocycles. The Hall–Kier alpha value is -1.72. The molecule has 0 spiro atoms. The number of nitrogens with zero attached hydrogens (tertiary/aromatic N) is 3. The van der Waals surface area contributed by atoms with E-state index in [-0.39, 0.29) is 5.28 Å². The SMILES string of the molecule is Cc1ccc(Oc2nc(Cl)nc3sccc23)cn1. The smallest absolute Gasteiger partial charge is 0.232 e. The largest absolute Gasteiger partial charge is 0.437 e. The molecule has 0 bridgehead atoms. The van der Waals surface area contributed by atoms with Gasteiger partial charge in [-0.05, 0) is 42.1 Å². The number of ether oxygens (including phenoxy) is 1. The third-order valence-corrected chi connectivity index (χ3v) is 3.34. The van der Waals surface area contributed by atoms with Crippen LogP contribution in [0.15, 0.2) is 29.8 Å². The summed E-state index contributed by atoms with van der Waals surface area (Å²) in [6, 6.07) is 5.63. The molecular formula is C12H8ClN3OS. The topological polar surface area (TPSA) is 47.9 Å². The molecule has 0 saturated carbocycles. The van der Waals surface area contributed by atoms with Gasteiger partial charge in [-0.15, -0.1) is 11.3 Å². The average molecular weight is 278 g/mol. The Morgan fingerprint density at radius 3 is 2.89 bits per heavy atom. The van der Waals surface area contributed by atoms with E-state index >= 15 is 0 Å². The highest BCUT2D eigenvalue weighted by atomic mass is 35.5. The maximum absolute atomic E-state index is 5.86. The van der Waals surface area contributed by atoms with E-state index in [9.17, 15) is 0 Å². The lowest BCUT2D eigenvalue weighted by molar-refractivity contribution is 0.466. The lowest BCUT2D eigenvalue weighted by Crippen LogP contribution is -1.92. The Morgan fingerprint density at radius 1 is 1.22 bits per heavy atom. The Balaban J connectivity index is 2.03. The molecule has 0 radical (unpaired) electrons. The summed E-state index contributed by atoms with van der Waals surface area (Å²) in [6.07, 6.45) is 1.66. The first-order valence-electron chi connectivity index (χ1n) is 5.23. The Labute approximate surface area is 112 Å². The first-order valence-corrected chi connectivity index (χ1v) is 6.49. The van der Waals surface area contributed by atoms with Gasteiger partial charge in [0.25, 0.3) is 0 Å². The molecule has 0 N–H and O–H groups in total. The third-order valence-electron chi connectivity index (χ3n) is 2.36. The fourth-order valence-electron chi connectivity index (χ4n) is 1.51. The highest BCUT2D eigenvalue weighted by Crippen LogP contribution is 2.31. The Kier molecular flexibility index (Phi) is 2.85. The van der Waals surface area contributed by atoms with E-state index in [1.54, 1.807) is 6.20 Å². The van der Waals surface area contributed by atoms with Crippen LogP contribution < -0.4 is 4.74 Å². The molecule has 3 rings (SSSR count). The van der Waals surface area contributed by atoms with Crippen LogP contribution in [0.25, 0.3) is 10.2 Å². The van der Waals surface area contributed by atoms with E-state index in [2.05, 4.69) is 15.0 Å². The number of aryl methyl sites for hydroxylation is 1. The number of thiophene rings is 1. The van der Waals surface area contributed by atoms with Crippen LogP contribution in [0.3, 0.4) is 0 Å². The normalized spacial score (nSPS) is 10.8. The van der Waals surface area contributed by atoms with Crippen molar-refractivity contribution in [2.75, 3.05) is 0 Å². The molecule has 0 aliphatic carbocycles. The number of aromatic nitrogens is 3. The van der Waals surface area contributed by atoms with E-state index in [1.165, 1.54) is 11.3 Å². The molecule has 0 aromatic carbocycles. The summed E-state index contributed by atoms with van der Waals surface area (Å²) in [5.74, 6) is 1.08. The predicted molar refractivity (Wildman–Crippen MR) is 71.5 cm³/mol. The second-order valence-corrected chi connectivity index (χ2v) is 4.91. The number of pyridine rings is 1. The van der Waals surface area contributed by atoms with Gasteiger partial charge in [0.05, 0.1) is 11.6 Å². The zero-order chi connectivity index (χ0) is 12.5. The minimum Gasteiger partial charge on any atom is -0.437 e. The fourth-order valence-corrected chi connectivity index (χ4v) is 2.47. The minimum absolute atomic E-state index is 0.181. The molecule has 3 aromatic rings. The molecule has 3 heterocycles. The maximum Gasteiger partial charge on any atom is 0.232 e. The van der Waals surface area contributed by atoms with Gasteiger partial charge in [0.1, 0.15) is 10.6 Å². The van der Waals surface area contributed by atoms with Crippen LogP contribution in [0.1, 0.15) is 5.69 Å². The van der Waals surface area contributed by atoms with Crippen LogP contribution in [0.2, 0.25) is 5.28 Å². The van der Waals surface area contributed by atoms with Gasteiger partial charge in [-0.3, -0.25) is 4.98 Å². The average Bonchev–Trinajstić information content (AvgIpc) is 2.80. The molecule has 90 valence electrons. The Morgan fingerprint density at radius 2 is 2.11 bits per heavy atom. The zero-order valence-electron chi connectivity index (χ0n) is 9.42. The lowest BCUT2D eigenvalue weighted by Gasteiger charge is -2.05. The van der Waals surface area contributed by atoms with Crippen molar-refractivity contribution in [3.8, 4) is 11.6 Å². The molecule has 18 heavy (non-hydrogen) atoms. The molecular weight excluding hydrogens is 270 g/mol. The van der Waals surface area contributed by atoms with Crippen molar-refractivity contribution in [3.63, 3.8) is 0 Å². The molecule has 4 nitrogen and oxygen atoms in total. The van der Waals surface area contributed by atoms with Crippen LogP contribution in [-0.2, 0) is 0 Å². The molecule has 0 amide bonds. The first kappa shape index (κ1) is 11.4. The summed E-state index contributed by atoms with van der Waals surface area (Å²) in [4.78, 5) is 13.2. The summed E-state index contributed by atoms with van der Waals surface area (Å²) in [5, 5.41) is 2.96. The zero-order valence-corrected chi connectivity index (χ0v) is 11.0. The van der Waals surface area contributed by atoms with Crippen LogP contribution >= 0.6 is 22.9 Å². The second kappa shape index (κ2) is 4.51. The molecule has 0 saturated heterocycles. The van der Waals surface area contributed by atoms with Gasteiger partial charge in [-0.1, -0.05) is 0 Å². The van der Waals surface area contributed by atoms with E-state index in [4.69, 9.17) is 16.3 Å². The molecule has 0 aliphatic rings. The number of halogens is 1. The summed E-state index contributed by atoms with van der Waals surface area (Å²) in [6.45, 7) is 1.92. The Bertz CT molecular complexity index is 696. The molecule has 0 aliphatic heterocycles. The highest BCUT2D eigenvalue weighted by Gasteiger charge is 2.10. The standard InChI is InChI=1S/C12H8ClN3OS/c1-7-2-3-8(6-14-7)17-10-9-4-5-18-11(9)16-12(13)15-10/h2-6H,1H3. The van der Waals surface area contributed by atoms with E-state index in [0.717, 1.165) is 15.9 Å². The second-order valence-electron chi connectivity index (χ2n) is 3.67. The van der Waals surface area contributed by atoms with Crippen molar-refractivity contribution in [1.29, 1.82) is 0 Å². The number of fused-ring (bicyclic) bond motifs is 1. The quantitative estimate of drug-likeness (QED) is 0.668. The minimum atomic E-state index is 0.181. The van der Waals surface area contributed by atoms with E-state index < -0.39 is 0 Å². The summed E-state index contributed by atoms with van der Waals surface area (Å²) in [7, 11) is 0. The number of hydrogen-bond acceptors (Lipinski definition) is 5. The lowest BCUT2D eigenvalue weighted by atomic mass is 10.3. The summed E-state index contributed by atoms with van der Waals surface area (Å²) in [5.41, 5.74) is 0.934. The van der Waals surface area contributed by atoms with Crippen LogP contribution in [0, 0.1) is 6.92 Å². The van der Waals surface area contributed by atoms with E-state index in [1.807, 2.05) is 30.5 Å². The van der Waals surface area contributed by atoms with Gasteiger partial charge in [-0.25, -0.2) is 4.98 Å². The highest BCUT2D eigenvalue weighted by molar-refractivity contribution is 7.16. The maximum atomic E-state index is 5.86. The monoisotopic (exact) mass is 277 g/mol. The van der Waals surface area contributed by atoms with Gasteiger partial charge < -0.3 is 4.74 Å². The van der Waals surface area contributed by atoms with Gasteiger partial charge >= 0.3 is 0 Å². The summed E-state index contributed by atoms with van der Waals surface area (Å²) >= 11 is 7.36. The molecule has 6 heteroatoms. The van der Waals surface area contributed by atoms with Crippen molar-refractivity contribution in [2.24, 2.45) is 0 Å². The van der Waals surface area contributed by atoms with Gasteiger partial charge in [0, 0.05) is 5.69 Å². The molecule has 0 unspecified atom stereocenters. The fraction of sp³-hybridized carbons (Fsp3) is 0.0833.